The van der Waals surface area contributed by atoms with Crippen LogP contribution in [0.5, 0.6) is 0 Å². The van der Waals surface area contributed by atoms with Crippen LogP contribution >= 0.6 is 0 Å². The maximum absolute atomic E-state index is 13.7. The number of carbonyl (C=O) groups is 1. The van der Waals surface area contributed by atoms with Crippen LogP contribution in [0.15, 0.2) is 18.2 Å². The van der Waals surface area contributed by atoms with Crippen molar-refractivity contribution in [3.8, 4) is 0 Å². The Bertz CT molecular complexity index is 434. The van der Waals surface area contributed by atoms with Gasteiger partial charge in [-0.05, 0) is 26.3 Å². The number of aliphatic hydroxyl groups excluding tert-OH is 1. The highest BCUT2D eigenvalue weighted by Gasteiger charge is 2.38. The van der Waals surface area contributed by atoms with Crippen molar-refractivity contribution in [2.24, 2.45) is 0 Å². The second-order valence-electron chi connectivity index (χ2n) is 4.15. The Labute approximate surface area is 104 Å². The number of ether oxygens (including phenoxy) is 1. The number of rotatable bonds is 5. The van der Waals surface area contributed by atoms with Crippen LogP contribution in [0.25, 0.3) is 0 Å². The summed E-state index contributed by atoms with van der Waals surface area (Å²) in [5, 5.41) is 9.02. The Morgan fingerprint density at radius 1 is 1.44 bits per heavy atom. The van der Waals surface area contributed by atoms with Gasteiger partial charge in [0, 0.05) is 18.2 Å². The second kappa shape index (κ2) is 5.91. The maximum Gasteiger partial charge on any atom is 0.316 e. The van der Waals surface area contributed by atoms with Crippen molar-refractivity contribution in [2.45, 2.75) is 25.7 Å². The topological polar surface area (TPSA) is 46.5 Å². The molecule has 1 N–H and O–H groups in total. The van der Waals surface area contributed by atoms with Crippen molar-refractivity contribution in [2.75, 3.05) is 13.2 Å². The van der Waals surface area contributed by atoms with E-state index in [0.29, 0.717) is 6.07 Å². The molecule has 0 fully saturated rings. The first kappa shape index (κ1) is 14.6. The number of aliphatic hydroxyl groups is 1. The molecular formula is C13H16F2O3. The molecule has 0 aliphatic rings. The fourth-order valence-corrected chi connectivity index (χ4v) is 1.80. The van der Waals surface area contributed by atoms with E-state index in [2.05, 4.69) is 0 Å². The van der Waals surface area contributed by atoms with Gasteiger partial charge < -0.3 is 9.84 Å². The van der Waals surface area contributed by atoms with Gasteiger partial charge in [0.1, 0.15) is 11.6 Å². The van der Waals surface area contributed by atoms with Gasteiger partial charge in [-0.25, -0.2) is 8.78 Å². The molecule has 1 atom stereocenters. The third-order valence-electron chi connectivity index (χ3n) is 2.86. The average molecular weight is 258 g/mol. The van der Waals surface area contributed by atoms with Crippen LogP contribution in [0.1, 0.15) is 25.8 Å². The molecule has 0 amide bonds. The van der Waals surface area contributed by atoms with Gasteiger partial charge in [0.2, 0.25) is 0 Å². The molecule has 5 heteroatoms. The Morgan fingerprint density at radius 2 is 2.11 bits per heavy atom. The quantitative estimate of drug-likeness (QED) is 0.823. The summed E-state index contributed by atoms with van der Waals surface area (Å²) >= 11 is 0. The van der Waals surface area contributed by atoms with E-state index in [-0.39, 0.29) is 25.2 Å². The molecule has 3 nitrogen and oxygen atoms in total. The van der Waals surface area contributed by atoms with Crippen molar-refractivity contribution in [1.29, 1.82) is 0 Å². The average Bonchev–Trinajstić information content (AvgIpc) is 2.29. The zero-order chi connectivity index (χ0) is 13.8. The van der Waals surface area contributed by atoms with Crippen molar-refractivity contribution in [3.05, 3.63) is 35.4 Å². The Balaban J connectivity index is 3.21. The molecule has 0 saturated heterocycles. The molecule has 0 spiro atoms. The molecule has 0 saturated carbocycles. The zero-order valence-corrected chi connectivity index (χ0v) is 10.4. The predicted molar refractivity (Wildman–Crippen MR) is 62.0 cm³/mol. The first-order valence-electron chi connectivity index (χ1n) is 5.69. The van der Waals surface area contributed by atoms with Gasteiger partial charge in [0.25, 0.3) is 0 Å². The molecule has 100 valence electrons. The summed E-state index contributed by atoms with van der Waals surface area (Å²) in [6, 6.07) is 2.99. The van der Waals surface area contributed by atoms with Crippen LogP contribution in [-0.4, -0.2) is 24.3 Å². The Morgan fingerprint density at radius 3 is 2.61 bits per heavy atom. The van der Waals surface area contributed by atoms with E-state index in [1.807, 2.05) is 0 Å². The standard InChI is InChI=1S/C13H16F2O3/c1-3-18-12(17)13(2,6-7-16)10-5-4-9(14)8-11(10)15/h4-5,8,16H,3,6-7H2,1-2H3. The summed E-state index contributed by atoms with van der Waals surface area (Å²) in [6.07, 6.45) is 0.00832. The van der Waals surface area contributed by atoms with Gasteiger partial charge in [-0.15, -0.1) is 0 Å². The SMILES string of the molecule is CCOC(=O)C(C)(CCO)c1ccc(F)cc1F. The van der Waals surface area contributed by atoms with E-state index in [9.17, 15) is 13.6 Å². The number of halogens is 2. The summed E-state index contributed by atoms with van der Waals surface area (Å²) in [7, 11) is 0. The number of hydrogen-bond donors (Lipinski definition) is 1. The van der Waals surface area contributed by atoms with Crippen LogP contribution in [-0.2, 0) is 14.9 Å². The number of esters is 1. The monoisotopic (exact) mass is 258 g/mol. The molecule has 1 aromatic carbocycles. The zero-order valence-electron chi connectivity index (χ0n) is 10.4. The molecule has 0 heterocycles. The number of hydrogen-bond acceptors (Lipinski definition) is 3. The lowest BCUT2D eigenvalue weighted by Gasteiger charge is -2.27. The lowest BCUT2D eigenvalue weighted by molar-refractivity contribution is -0.150. The third-order valence-corrected chi connectivity index (χ3v) is 2.86. The van der Waals surface area contributed by atoms with Crippen LogP contribution in [0, 0.1) is 11.6 Å². The van der Waals surface area contributed by atoms with Crippen molar-refractivity contribution in [3.63, 3.8) is 0 Å². The van der Waals surface area contributed by atoms with Crippen LogP contribution in [0.4, 0.5) is 8.78 Å². The van der Waals surface area contributed by atoms with E-state index in [1.165, 1.54) is 13.0 Å². The summed E-state index contributed by atoms with van der Waals surface area (Å²) in [5.74, 6) is -2.17. The van der Waals surface area contributed by atoms with Gasteiger partial charge in [0.15, 0.2) is 0 Å². The lowest BCUT2D eigenvalue weighted by atomic mass is 9.79. The van der Waals surface area contributed by atoms with Crippen molar-refractivity contribution < 1.29 is 23.4 Å². The maximum atomic E-state index is 13.7. The minimum atomic E-state index is -1.32. The molecule has 0 aromatic heterocycles. The van der Waals surface area contributed by atoms with Gasteiger partial charge in [-0.3, -0.25) is 4.79 Å². The summed E-state index contributed by atoms with van der Waals surface area (Å²) in [4.78, 5) is 11.9. The largest absolute Gasteiger partial charge is 0.465 e. The van der Waals surface area contributed by atoms with E-state index < -0.39 is 23.0 Å². The molecule has 1 aromatic rings. The molecule has 0 aliphatic carbocycles. The highest BCUT2D eigenvalue weighted by Crippen LogP contribution is 2.31. The van der Waals surface area contributed by atoms with Crippen molar-refractivity contribution in [1.82, 2.24) is 0 Å². The highest BCUT2D eigenvalue weighted by molar-refractivity contribution is 5.82. The molecule has 1 unspecified atom stereocenters. The summed E-state index contributed by atoms with van der Waals surface area (Å²) < 4.78 is 31.5. The van der Waals surface area contributed by atoms with Gasteiger partial charge in [-0.1, -0.05) is 6.07 Å². The molecule has 18 heavy (non-hydrogen) atoms. The predicted octanol–water partition coefficient (Wildman–Crippen LogP) is 2.17. The van der Waals surface area contributed by atoms with Gasteiger partial charge in [0.05, 0.1) is 12.0 Å². The number of carbonyl (C=O) groups excluding carboxylic acids is 1. The van der Waals surface area contributed by atoms with Crippen LogP contribution < -0.4 is 0 Å². The lowest BCUT2D eigenvalue weighted by Crippen LogP contribution is -2.36. The second-order valence-corrected chi connectivity index (χ2v) is 4.15. The van der Waals surface area contributed by atoms with Gasteiger partial charge >= 0.3 is 5.97 Å². The van der Waals surface area contributed by atoms with E-state index in [0.717, 1.165) is 6.07 Å². The summed E-state index contributed by atoms with van der Waals surface area (Å²) in [6.45, 7) is 2.96. The fraction of sp³-hybridized carbons (Fsp3) is 0.462. The fourth-order valence-electron chi connectivity index (χ4n) is 1.80. The van der Waals surface area contributed by atoms with Crippen molar-refractivity contribution >= 4 is 5.97 Å². The molecule has 1 rings (SSSR count). The van der Waals surface area contributed by atoms with Gasteiger partial charge in [-0.2, -0.15) is 0 Å². The van der Waals surface area contributed by atoms with Crippen LogP contribution in [0.2, 0.25) is 0 Å². The minimum Gasteiger partial charge on any atom is -0.465 e. The normalized spacial score (nSPS) is 14.1. The Kier molecular flexibility index (Phi) is 4.78. The minimum absolute atomic E-state index is 0.00832. The first-order chi connectivity index (χ1) is 8.45. The third kappa shape index (κ3) is 2.85. The van der Waals surface area contributed by atoms with Crippen LogP contribution in [0.3, 0.4) is 0 Å². The molecule has 0 bridgehead atoms. The molecule has 0 aliphatic heterocycles. The van der Waals surface area contributed by atoms with E-state index >= 15 is 0 Å². The highest BCUT2D eigenvalue weighted by atomic mass is 19.1. The smallest absolute Gasteiger partial charge is 0.316 e. The van der Waals surface area contributed by atoms with E-state index in [4.69, 9.17) is 9.84 Å². The number of benzene rings is 1. The first-order valence-corrected chi connectivity index (χ1v) is 5.69. The molecule has 0 radical (unpaired) electrons. The Hall–Kier alpha value is -1.49. The molecular weight excluding hydrogens is 242 g/mol. The van der Waals surface area contributed by atoms with E-state index in [1.54, 1.807) is 6.92 Å². The summed E-state index contributed by atoms with van der Waals surface area (Å²) in [5.41, 5.74) is -1.29.